The molecule has 0 bridgehead atoms. The third-order valence-corrected chi connectivity index (χ3v) is 5.07. The fourth-order valence-electron chi connectivity index (χ4n) is 3.73. The number of nitrogens with one attached hydrogen (secondary N) is 2. The fourth-order valence-corrected chi connectivity index (χ4v) is 3.73. The van der Waals surface area contributed by atoms with E-state index in [9.17, 15) is 4.79 Å². The molecular weight excluding hydrogens is 396 g/mol. The molecule has 0 unspecified atom stereocenters. The summed E-state index contributed by atoms with van der Waals surface area (Å²) in [6.07, 6.45) is 5.62. The average molecular weight is 418 g/mol. The molecule has 31 heavy (non-hydrogen) atoms. The third-order valence-electron chi connectivity index (χ3n) is 5.07. The molecule has 1 aromatic carbocycles. The number of ether oxygens (including phenoxy) is 2. The number of aromatic amines is 1. The van der Waals surface area contributed by atoms with Crippen LogP contribution in [0.25, 0.3) is 5.65 Å². The number of H-pyrrole nitrogens is 1. The maximum Gasteiger partial charge on any atom is 0.261 e. The number of carbonyl (C=O) groups is 1. The summed E-state index contributed by atoms with van der Waals surface area (Å²) >= 11 is 0. The van der Waals surface area contributed by atoms with Crippen molar-refractivity contribution in [2.75, 3.05) is 5.32 Å². The van der Waals surface area contributed by atoms with Gasteiger partial charge < -0.3 is 14.8 Å². The number of anilines is 1. The van der Waals surface area contributed by atoms with Crippen LogP contribution in [0.4, 0.5) is 5.69 Å². The van der Waals surface area contributed by atoms with Gasteiger partial charge in [0.25, 0.3) is 5.91 Å². The Kier molecular flexibility index (Phi) is 4.39. The first-order valence-electron chi connectivity index (χ1n) is 9.97. The molecular formula is C22H22N6O3. The molecule has 0 atom stereocenters. The molecule has 4 aromatic rings. The predicted octanol–water partition coefficient (Wildman–Crippen LogP) is 3.31. The summed E-state index contributed by atoms with van der Waals surface area (Å²) in [6, 6.07) is 7.41. The second-order valence-corrected chi connectivity index (χ2v) is 8.23. The number of carbonyl (C=O) groups excluding carboxylic acids is 1. The van der Waals surface area contributed by atoms with E-state index in [1.165, 1.54) is 6.20 Å². The number of amides is 1. The average Bonchev–Trinajstić information content (AvgIpc) is 3.41. The minimum absolute atomic E-state index is 0.258. The molecule has 9 nitrogen and oxygen atoms in total. The lowest BCUT2D eigenvalue weighted by atomic mass is 10.0. The van der Waals surface area contributed by atoms with Crippen molar-refractivity contribution in [2.24, 2.45) is 0 Å². The zero-order valence-electron chi connectivity index (χ0n) is 17.5. The summed E-state index contributed by atoms with van der Waals surface area (Å²) in [7, 11) is 0. The van der Waals surface area contributed by atoms with Gasteiger partial charge in [-0.15, -0.1) is 0 Å². The molecule has 4 heterocycles. The molecule has 2 N–H and O–H groups in total. The fraction of sp³-hybridized carbons (Fsp3) is 0.273. The van der Waals surface area contributed by atoms with Crippen molar-refractivity contribution in [3.8, 4) is 11.5 Å². The van der Waals surface area contributed by atoms with Gasteiger partial charge in [-0.25, -0.2) is 9.50 Å². The molecule has 1 aliphatic heterocycles. The Labute approximate surface area is 178 Å². The predicted molar refractivity (Wildman–Crippen MR) is 113 cm³/mol. The van der Waals surface area contributed by atoms with Crippen molar-refractivity contribution in [3.05, 3.63) is 65.4 Å². The first-order chi connectivity index (χ1) is 14.9. The number of hydrogen-bond donors (Lipinski definition) is 2. The lowest BCUT2D eigenvalue weighted by Crippen LogP contribution is -2.24. The van der Waals surface area contributed by atoms with E-state index < -0.39 is 0 Å². The Morgan fingerprint density at radius 1 is 1.35 bits per heavy atom. The molecule has 3 aromatic heterocycles. The van der Waals surface area contributed by atoms with Crippen LogP contribution in [0.15, 0.2) is 42.9 Å². The normalized spacial score (nSPS) is 14.3. The van der Waals surface area contributed by atoms with Gasteiger partial charge in [-0.05, 0) is 39.0 Å². The van der Waals surface area contributed by atoms with Crippen LogP contribution in [0.2, 0.25) is 0 Å². The molecule has 0 fully saturated rings. The number of benzene rings is 1. The second-order valence-electron chi connectivity index (χ2n) is 8.23. The Morgan fingerprint density at radius 2 is 2.23 bits per heavy atom. The van der Waals surface area contributed by atoms with Crippen LogP contribution < -0.4 is 14.8 Å². The second kappa shape index (κ2) is 7.12. The molecule has 0 spiro atoms. The van der Waals surface area contributed by atoms with Crippen molar-refractivity contribution in [1.82, 2.24) is 24.8 Å². The minimum Gasteiger partial charge on any atom is -0.487 e. The van der Waals surface area contributed by atoms with Crippen LogP contribution in [0.5, 0.6) is 11.5 Å². The van der Waals surface area contributed by atoms with Crippen molar-refractivity contribution in [2.45, 2.75) is 39.4 Å². The summed E-state index contributed by atoms with van der Waals surface area (Å²) in [4.78, 5) is 17.3. The molecule has 5 rings (SSSR count). The van der Waals surface area contributed by atoms with Crippen molar-refractivity contribution < 1.29 is 14.3 Å². The van der Waals surface area contributed by atoms with Crippen LogP contribution in [-0.2, 0) is 13.0 Å². The van der Waals surface area contributed by atoms with E-state index in [-0.39, 0.29) is 18.1 Å². The van der Waals surface area contributed by atoms with Crippen LogP contribution >= 0.6 is 0 Å². The number of rotatable bonds is 5. The van der Waals surface area contributed by atoms with Gasteiger partial charge in [-0.1, -0.05) is 0 Å². The lowest BCUT2D eigenvalue weighted by molar-refractivity contribution is 0.102. The highest BCUT2D eigenvalue weighted by molar-refractivity contribution is 6.08. The zero-order chi connectivity index (χ0) is 21.6. The van der Waals surface area contributed by atoms with Crippen LogP contribution in [-0.4, -0.2) is 36.3 Å². The summed E-state index contributed by atoms with van der Waals surface area (Å²) in [6.45, 7) is 6.25. The number of aryl methyl sites for hydroxylation is 1. The first-order valence-corrected chi connectivity index (χ1v) is 9.97. The highest BCUT2D eigenvalue weighted by Crippen LogP contribution is 2.41. The molecule has 158 valence electrons. The number of fused-ring (bicyclic) bond motifs is 2. The van der Waals surface area contributed by atoms with Gasteiger partial charge in [-0.3, -0.25) is 9.89 Å². The smallest absolute Gasteiger partial charge is 0.261 e. The van der Waals surface area contributed by atoms with E-state index in [4.69, 9.17) is 9.47 Å². The monoisotopic (exact) mass is 418 g/mol. The maximum atomic E-state index is 13.0. The zero-order valence-corrected chi connectivity index (χ0v) is 17.5. The number of nitrogens with zero attached hydrogens (tertiary/aromatic N) is 4. The van der Waals surface area contributed by atoms with Crippen molar-refractivity contribution in [1.29, 1.82) is 0 Å². The van der Waals surface area contributed by atoms with Gasteiger partial charge in [0, 0.05) is 36.1 Å². The maximum absolute atomic E-state index is 13.0. The van der Waals surface area contributed by atoms with Gasteiger partial charge in [0.1, 0.15) is 29.3 Å². The van der Waals surface area contributed by atoms with Gasteiger partial charge in [0.2, 0.25) is 0 Å². The van der Waals surface area contributed by atoms with Crippen LogP contribution in [0, 0.1) is 6.92 Å². The standard InChI is InChI=1S/C22H22N6O3/c1-13-7-15(27-26-13)12-30-19-9-18-14(10-22(2,3)31-18)8-17(19)25-21(29)16-11-24-28-6-4-5-23-20(16)28/h4-9,11H,10,12H2,1-3H3,(H,25,29)(H,26,27). The first kappa shape index (κ1) is 19.1. The van der Waals surface area contributed by atoms with Gasteiger partial charge >= 0.3 is 0 Å². The molecule has 0 radical (unpaired) electrons. The molecule has 0 aliphatic carbocycles. The quantitative estimate of drug-likeness (QED) is 0.515. The Hall–Kier alpha value is -3.88. The molecule has 0 saturated heterocycles. The van der Waals surface area contributed by atoms with E-state index in [1.54, 1.807) is 23.0 Å². The van der Waals surface area contributed by atoms with E-state index >= 15 is 0 Å². The SMILES string of the molecule is Cc1cc(COc2cc3c(cc2NC(=O)c2cnn4cccnc24)CC(C)(C)O3)n[nH]1. The Balaban J connectivity index is 1.46. The van der Waals surface area contributed by atoms with Crippen LogP contribution in [0.1, 0.15) is 41.2 Å². The highest BCUT2D eigenvalue weighted by Gasteiger charge is 2.31. The van der Waals surface area contributed by atoms with E-state index in [0.29, 0.717) is 22.6 Å². The van der Waals surface area contributed by atoms with Gasteiger partial charge in [0.15, 0.2) is 5.65 Å². The number of aromatic nitrogens is 5. The van der Waals surface area contributed by atoms with Gasteiger partial charge in [-0.2, -0.15) is 10.2 Å². The van der Waals surface area contributed by atoms with Gasteiger partial charge in [0.05, 0.1) is 17.6 Å². The van der Waals surface area contributed by atoms with Crippen molar-refractivity contribution >= 4 is 17.2 Å². The Morgan fingerprint density at radius 3 is 3.03 bits per heavy atom. The number of hydrogen-bond acceptors (Lipinski definition) is 6. The largest absolute Gasteiger partial charge is 0.487 e. The molecule has 1 aliphatic rings. The van der Waals surface area contributed by atoms with E-state index in [2.05, 4.69) is 25.6 Å². The summed E-state index contributed by atoms with van der Waals surface area (Å²) in [5.74, 6) is 0.955. The topological polar surface area (TPSA) is 106 Å². The van der Waals surface area contributed by atoms with E-state index in [1.807, 2.05) is 39.0 Å². The molecule has 0 saturated carbocycles. The molecule has 1 amide bonds. The Bertz CT molecular complexity index is 1290. The summed E-state index contributed by atoms with van der Waals surface area (Å²) in [5.41, 5.74) is 3.85. The summed E-state index contributed by atoms with van der Waals surface area (Å²) < 4.78 is 13.6. The highest BCUT2D eigenvalue weighted by atomic mass is 16.5. The summed E-state index contributed by atoms with van der Waals surface area (Å²) in [5, 5.41) is 14.3. The lowest BCUT2D eigenvalue weighted by Gasteiger charge is -2.17. The minimum atomic E-state index is -0.313. The van der Waals surface area contributed by atoms with Crippen molar-refractivity contribution in [3.63, 3.8) is 0 Å². The molecule has 9 heteroatoms. The van der Waals surface area contributed by atoms with E-state index in [0.717, 1.165) is 29.1 Å². The van der Waals surface area contributed by atoms with Crippen LogP contribution in [0.3, 0.4) is 0 Å². The third kappa shape index (κ3) is 3.70.